The van der Waals surface area contributed by atoms with E-state index in [0.29, 0.717) is 17.5 Å². The SMILES string of the molecule is CCCN(CC(=O)N(Cc1ccc(C2CCCCC2)cc1)c1ccc(C(=O)O)cc1F)S(=O)(=O)c1c(F)c(F)c(F)c(F)c1F. The molecular weight excluding hydrogens is 626 g/mol. The summed E-state index contributed by atoms with van der Waals surface area (Å²) in [5.74, 6) is -16.0. The molecule has 0 atom stereocenters. The summed E-state index contributed by atoms with van der Waals surface area (Å²) in [6, 6.07) is 9.87. The van der Waals surface area contributed by atoms with E-state index < -0.39 is 86.0 Å². The van der Waals surface area contributed by atoms with Gasteiger partial charge in [-0.3, -0.25) is 4.79 Å². The number of carbonyl (C=O) groups is 2. The smallest absolute Gasteiger partial charge is 0.335 e. The van der Waals surface area contributed by atoms with Crippen molar-refractivity contribution in [2.75, 3.05) is 18.0 Å². The molecule has 7 nitrogen and oxygen atoms in total. The van der Waals surface area contributed by atoms with Crippen molar-refractivity contribution in [3.63, 3.8) is 0 Å². The van der Waals surface area contributed by atoms with E-state index in [0.717, 1.165) is 54.7 Å². The number of carboxylic acids is 1. The molecule has 3 aromatic carbocycles. The molecule has 0 aliphatic heterocycles. The maximum atomic E-state index is 15.2. The van der Waals surface area contributed by atoms with Gasteiger partial charge >= 0.3 is 5.97 Å². The summed E-state index contributed by atoms with van der Waals surface area (Å²) in [4.78, 5) is 23.7. The van der Waals surface area contributed by atoms with E-state index >= 15 is 4.39 Å². The first kappa shape index (κ1) is 34.0. The molecule has 1 N–H and O–H groups in total. The van der Waals surface area contributed by atoms with E-state index in [-0.39, 0.29) is 17.3 Å². The highest BCUT2D eigenvalue weighted by atomic mass is 32.2. The Labute approximate surface area is 256 Å². The number of benzene rings is 3. The summed E-state index contributed by atoms with van der Waals surface area (Å²) in [7, 11) is -5.50. The number of sulfonamides is 1. The fourth-order valence-electron chi connectivity index (χ4n) is 5.39. The second-order valence-electron chi connectivity index (χ2n) is 10.8. The van der Waals surface area contributed by atoms with Crippen LogP contribution >= 0.6 is 0 Å². The number of carboxylic acid groups (broad SMARTS) is 1. The number of halogens is 6. The fraction of sp³-hybridized carbons (Fsp3) is 0.355. The normalized spacial score (nSPS) is 14.1. The lowest BCUT2D eigenvalue weighted by Crippen LogP contribution is -2.44. The van der Waals surface area contributed by atoms with Crippen LogP contribution in [0.1, 0.15) is 72.9 Å². The summed E-state index contributed by atoms with van der Waals surface area (Å²) in [6.07, 6.45) is 5.37. The van der Waals surface area contributed by atoms with Crippen molar-refractivity contribution < 1.29 is 49.5 Å². The van der Waals surface area contributed by atoms with Crippen molar-refractivity contribution in [2.24, 2.45) is 0 Å². The largest absolute Gasteiger partial charge is 0.478 e. The van der Waals surface area contributed by atoms with Crippen LogP contribution in [0.5, 0.6) is 0 Å². The minimum atomic E-state index is -5.50. The van der Waals surface area contributed by atoms with E-state index in [1.54, 1.807) is 12.1 Å². The zero-order valence-corrected chi connectivity index (χ0v) is 24.9. The quantitative estimate of drug-likeness (QED) is 0.138. The van der Waals surface area contributed by atoms with E-state index in [2.05, 4.69) is 0 Å². The van der Waals surface area contributed by atoms with Crippen LogP contribution in [0.15, 0.2) is 47.4 Å². The second-order valence-corrected chi connectivity index (χ2v) is 12.6. The van der Waals surface area contributed by atoms with Gasteiger partial charge in [-0.05, 0) is 54.5 Å². The third kappa shape index (κ3) is 7.17. The lowest BCUT2D eigenvalue weighted by atomic mass is 9.84. The first-order chi connectivity index (χ1) is 21.3. The maximum absolute atomic E-state index is 15.2. The maximum Gasteiger partial charge on any atom is 0.335 e. The summed E-state index contributed by atoms with van der Waals surface area (Å²) in [5.41, 5.74) is 0.721. The van der Waals surface area contributed by atoms with Crippen molar-refractivity contribution in [3.05, 3.63) is 94.1 Å². The van der Waals surface area contributed by atoms with Gasteiger partial charge in [-0.2, -0.15) is 4.31 Å². The predicted octanol–water partition coefficient (Wildman–Crippen LogP) is 6.90. The van der Waals surface area contributed by atoms with Crippen LogP contribution in [0.2, 0.25) is 0 Å². The predicted molar refractivity (Wildman–Crippen MR) is 152 cm³/mol. The third-order valence-corrected chi connectivity index (χ3v) is 9.60. The number of hydrogen-bond acceptors (Lipinski definition) is 4. The fourth-order valence-corrected chi connectivity index (χ4v) is 6.98. The van der Waals surface area contributed by atoms with E-state index in [1.807, 2.05) is 12.1 Å². The van der Waals surface area contributed by atoms with Gasteiger partial charge in [0.25, 0.3) is 0 Å². The first-order valence-electron chi connectivity index (χ1n) is 14.2. The Hall–Kier alpha value is -3.91. The molecule has 0 unspecified atom stereocenters. The molecule has 0 heterocycles. The average Bonchev–Trinajstić information content (AvgIpc) is 3.02. The van der Waals surface area contributed by atoms with Crippen LogP contribution in [0.4, 0.5) is 32.0 Å². The Kier molecular flexibility index (Phi) is 10.6. The lowest BCUT2D eigenvalue weighted by molar-refractivity contribution is -0.119. The molecular formula is C31H30F6N2O5S. The molecule has 1 aliphatic carbocycles. The number of hydrogen-bond donors (Lipinski definition) is 1. The van der Waals surface area contributed by atoms with Gasteiger partial charge < -0.3 is 10.0 Å². The van der Waals surface area contributed by atoms with Crippen molar-refractivity contribution in [1.29, 1.82) is 0 Å². The van der Waals surface area contributed by atoms with Gasteiger partial charge in [-0.15, -0.1) is 0 Å². The molecule has 1 fully saturated rings. The molecule has 0 radical (unpaired) electrons. The Balaban J connectivity index is 1.72. The number of nitrogens with zero attached hydrogens (tertiary/aromatic N) is 2. The molecule has 4 rings (SSSR count). The minimum Gasteiger partial charge on any atom is -0.478 e. The van der Waals surface area contributed by atoms with Crippen molar-refractivity contribution >= 4 is 27.6 Å². The van der Waals surface area contributed by atoms with Crippen LogP contribution in [0.25, 0.3) is 0 Å². The van der Waals surface area contributed by atoms with Crippen LogP contribution in [-0.4, -0.2) is 42.8 Å². The molecule has 14 heteroatoms. The van der Waals surface area contributed by atoms with Gasteiger partial charge in [0.1, 0.15) is 5.82 Å². The summed E-state index contributed by atoms with van der Waals surface area (Å²) in [5, 5.41) is 9.23. The first-order valence-corrected chi connectivity index (χ1v) is 15.7. The Bertz CT molecular complexity index is 1670. The van der Waals surface area contributed by atoms with Crippen molar-refractivity contribution in [1.82, 2.24) is 4.31 Å². The molecule has 1 saturated carbocycles. The van der Waals surface area contributed by atoms with Gasteiger partial charge in [0.05, 0.1) is 24.3 Å². The van der Waals surface area contributed by atoms with Gasteiger partial charge in [-0.25, -0.2) is 39.6 Å². The molecule has 45 heavy (non-hydrogen) atoms. The molecule has 242 valence electrons. The zero-order chi connectivity index (χ0) is 33.1. The van der Waals surface area contributed by atoms with Crippen molar-refractivity contribution in [3.8, 4) is 0 Å². The summed E-state index contributed by atoms with van der Waals surface area (Å²) < 4.78 is 113. The number of anilines is 1. The number of aromatic carboxylic acids is 1. The second kappa shape index (κ2) is 14.0. The lowest BCUT2D eigenvalue weighted by Gasteiger charge is -2.28. The van der Waals surface area contributed by atoms with E-state index in [4.69, 9.17) is 0 Å². The van der Waals surface area contributed by atoms with Gasteiger partial charge in [0.2, 0.25) is 21.7 Å². The number of amides is 1. The van der Waals surface area contributed by atoms with Gasteiger partial charge in [0, 0.05) is 6.54 Å². The highest BCUT2D eigenvalue weighted by Crippen LogP contribution is 2.33. The molecule has 0 saturated heterocycles. The Morgan fingerprint density at radius 2 is 1.42 bits per heavy atom. The van der Waals surface area contributed by atoms with Crippen LogP contribution < -0.4 is 4.90 Å². The summed E-state index contributed by atoms with van der Waals surface area (Å²) in [6.45, 7) is -0.620. The highest BCUT2D eigenvalue weighted by Gasteiger charge is 2.38. The molecule has 1 amide bonds. The number of carbonyl (C=O) groups excluding carboxylic acids is 1. The zero-order valence-electron chi connectivity index (χ0n) is 24.1. The minimum absolute atomic E-state index is 0.0355. The van der Waals surface area contributed by atoms with Crippen LogP contribution in [-0.2, 0) is 21.4 Å². The van der Waals surface area contributed by atoms with Crippen LogP contribution in [0, 0.1) is 34.9 Å². The Morgan fingerprint density at radius 3 is 1.96 bits per heavy atom. The standard InChI is InChI=1S/C31H30F6N2O5S/c1-2-14-38(45(43,44)30-28(36)26(34)25(33)27(35)29(30)37)17-24(40)39(23-13-12-21(31(41)42)15-22(23)32)16-18-8-10-20(11-9-18)19-6-4-3-5-7-19/h8-13,15,19H,2-7,14,16-17H2,1H3,(H,41,42). The van der Waals surface area contributed by atoms with Gasteiger partial charge in [-0.1, -0.05) is 50.5 Å². The average molecular weight is 657 g/mol. The topological polar surface area (TPSA) is 95.0 Å². The van der Waals surface area contributed by atoms with Crippen molar-refractivity contribution in [2.45, 2.75) is 62.8 Å². The molecule has 0 bridgehead atoms. The van der Waals surface area contributed by atoms with Gasteiger partial charge in [0.15, 0.2) is 28.2 Å². The molecule has 1 aliphatic rings. The third-order valence-electron chi connectivity index (χ3n) is 7.74. The van der Waals surface area contributed by atoms with Crippen LogP contribution in [0.3, 0.4) is 0 Å². The van der Waals surface area contributed by atoms with E-state index in [9.17, 15) is 45.1 Å². The highest BCUT2D eigenvalue weighted by molar-refractivity contribution is 7.89. The molecule has 0 spiro atoms. The molecule has 3 aromatic rings. The molecule has 0 aromatic heterocycles. The Morgan fingerprint density at radius 1 is 0.844 bits per heavy atom. The number of rotatable bonds is 11. The summed E-state index contributed by atoms with van der Waals surface area (Å²) >= 11 is 0. The monoisotopic (exact) mass is 656 g/mol. The van der Waals surface area contributed by atoms with E-state index in [1.165, 1.54) is 6.92 Å².